The molecule has 2 heteroatoms. The van der Waals surface area contributed by atoms with E-state index in [0.29, 0.717) is 36.3 Å². The van der Waals surface area contributed by atoms with Crippen LogP contribution in [0.15, 0.2) is 98.1 Å². The lowest BCUT2D eigenvalue weighted by atomic mass is 9.95. The molecule has 2 aliphatic heterocycles. The van der Waals surface area contributed by atoms with E-state index in [1.165, 1.54) is 17.5 Å². The maximum Gasteiger partial charge on any atom is 0.0442 e. The Hall–Kier alpha value is -2.42. The van der Waals surface area contributed by atoms with Crippen molar-refractivity contribution in [1.29, 1.82) is 0 Å². The molecule has 0 saturated carbocycles. The number of likely N-dealkylation sites (tertiary alicyclic amines) is 2. The van der Waals surface area contributed by atoms with Gasteiger partial charge < -0.3 is 0 Å². The minimum absolute atomic E-state index is 0.371. The highest BCUT2D eigenvalue weighted by Gasteiger charge is 2.56. The van der Waals surface area contributed by atoms with E-state index in [2.05, 4.69) is 116 Å². The van der Waals surface area contributed by atoms with Gasteiger partial charge in [0.25, 0.3) is 0 Å². The Balaban J connectivity index is 1.67. The van der Waals surface area contributed by atoms with Crippen LogP contribution in [0.5, 0.6) is 0 Å². The summed E-state index contributed by atoms with van der Waals surface area (Å²) in [6.07, 6.45) is 10.7. The molecule has 0 N–H and O–H groups in total. The van der Waals surface area contributed by atoms with Gasteiger partial charge in [-0.1, -0.05) is 91.5 Å². The van der Waals surface area contributed by atoms with E-state index in [-0.39, 0.29) is 0 Å². The zero-order valence-corrected chi connectivity index (χ0v) is 18.3. The molecular weight excluding hydrogens is 364 g/mol. The molecule has 0 radical (unpaired) electrons. The van der Waals surface area contributed by atoms with Crippen LogP contribution in [-0.4, -0.2) is 34.0 Å². The van der Waals surface area contributed by atoms with Crippen molar-refractivity contribution < 1.29 is 0 Å². The average molecular weight is 399 g/mol. The number of benzene rings is 2. The Morgan fingerprint density at radius 2 is 1.43 bits per heavy atom. The smallest absolute Gasteiger partial charge is 0.0442 e. The molecule has 2 aromatic carbocycles. The molecule has 0 spiro atoms. The van der Waals surface area contributed by atoms with Gasteiger partial charge >= 0.3 is 0 Å². The predicted molar refractivity (Wildman–Crippen MR) is 127 cm³/mol. The van der Waals surface area contributed by atoms with Crippen molar-refractivity contribution in [2.24, 2.45) is 0 Å². The van der Waals surface area contributed by atoms with E-state index < -0.39 is 0 Å². The highest BCUT2D eigenvalue weighted by molar-refractivity contribution is 5.27. The van der Waals surface area contributed by atoms with Crippen molar-refractivity contribution in [3.8, 4) is 0 Å². The number of rotatable bonds is 8. The second-order valence-electron chi connectivity index (χ2n) is 8.63. The van der Waals surface area contributed by atoms with E-state index in [0.717, 1.165) is 6.42 Å². The average Bonchev–Trinajstić information content (AvgIpc) is 3.35. The van der Waals surface area contributed by atoms with Crippen molar-refractivity contribution in [1.82, 2.24) is 9.80 Å². The molecule has 30 heavy (non-hydrogen) atoms. The quantitative estimate of drug-likeness (QED) is 0.379. The molecule has 2 heterocycles. The molecule has 4 rings (SSSR count). The Kier molecular flexibility index (Phi) is 6.36. The minimum Gasteiger partial charge on any atom is -0.287 e. The Bertz CT molecular complexity index is 872. The summed E-state index contributed by atoms with van der Waals surface area (Å²) in [7, 11) is 0. The molecule has 2 saturated heterocycles. The fourth-order valence-electron chi connectivity index (χ4n) is 5.83. The van der Waals surface area contributed by atoms with Gasteiger partial charge in [-0.2, -0.15) is 0 Å². The second-order valence-corrected chi connectivity index (χ2v) is 8.63. The second kappa shape index (κ2) is 9.16. The van der Waals surface area contributed by atoms with E-state index in [1.54, 1.807) is 0 Å². The molecule has 0 aliphatic carbocycles. The zero-order valence-electron chi connectivity index (χ0n) is 18.3. The lowest BCUT2D eigenvalue weighted by Gasteiger charge is -2.49. The number of piperazine rings is 1. The van der Waals surface area contributed by atoms with Crippen molar-refractivity contribution in [2.75, 3.05) is 0 Å². The van der Waals surface area contributed by atoms with Gasteiger partial charge in [0, 0.05) is 36.3 Å². The van der Waals surface area contributed by atoms with Gasteiger partial charge in [0.05, 0.1) is 0 Å². The molecule has 0 amide bonds. The molecule has 2 bridgehead atoms. The van der Waals surface area contributed by atoms with Crippen molar-refractivity contribution in [3.63, 3.8) is 0 Å². The van der Waals surface area contributed by atoms with Crippen molar-refractivity contribution in [2.45, 2.75) is 62.9 Å². The number of hydrogen-bond acceptors (Lipinski definition) is 2. The summed E-state index contributed by atoms with van der Waals surface area (Å²) in [4.78, 5) is 5.50. The van der Waals surface area contributed by atoms with E-state index in [4.69, 9.17) is 0 Å². The Morgan fingerprint density at radius 1 is 0.867 bits per heavy atom. The highest BCUT2D eigenvalue weighted by atomic mass is 15.4. The first-order valence-electron chi connectivity index (χ1n) is 11.2. The first-order chi connectivity index (χ1) is 14.7. The lowest BCUT2D eigenvalue weighted by molar-refractivity contribution is -0.000942. The molecule has 156 valence electrons. The van der Waals surface area contributed by atoms with Crippen LogP contribution >= 0.6 is 0 Å². The fraction of sp³-hybridized carbons (Fsp3) is 0.357. The Labute approximate surface area is 182 Å². The van der Waals surface area contributed by atoms with E-state index in [1.807, 2.05) is 6.08 Å². The first kappa shape index (κ1) is 20.8. The third kappa shape index (κ3) is 3.71. The summed E-state index contributed by atoms with van der Waals surface area (Å²) in [5.41, 5.74) is 2.79. The zero-order chi connectivity index (χ0) is 21.1. The van der Waals surface area contributed by atoms with Crippen LogP contribution in [0.1, 0.15) is 49.9 Å². The monoisotopic (exact) mass is 398 g/mol. The van der Waals surface area contributed by atoms with E-state index in [9.17, 15) is 0 Å². The summed E-state index contributed by atoms with van der Waals surface area (Å²) in [5.74, 6) is 0. The summed E-state index contributed by atoms with van der Waals surface area (Å²) < 4.78 is 0. The van der Waals surface area contributed by atoms with Gasteiger partial charge in [-0.25, -0.2) is 0 Å². The summed E-state index contributed by atoms with van der Waals surface area (Å²) in [6, 6.07) is 24.5. The third-order valence-corrected chi connectivity index (χ3v) is 7.16. The SMILES string of the molecule is C=C/C=C/C[C@@H]1[C@H]2C[C@H]([C@@H](C=C)N2[C@@H](C)c2ccccc2)N1[C@@H](C)c1ccccc1. The van der Waals surface area contributed by atoms with Gasteiger partial charge in [0.1, 0.15) is 0 Å². The first-order valence-corrected chi connectivity index (χ1v) is 11.2. The molecule has 2 aromatic rings. The summed E-state index contributed by atoms with van der Waals surface area (Å²) in [5, 5.41) is 0. The lowest BCUT2D eigenvalue weighted by Crippen LogP contribution is -2.58. The summed E-state index contributed by atoms with van der Waals surface area (Å²) in [6.45, 7) is 12.8. The van der Waals surface area contributed by atoms with Crippen LogP contribution < -0.4 is 0 Å². The van der Waals surface area contributed by atoms with Crippen LogP contribution in [0.2, 0.25) is 0 Å². The Morgan fingerprint density at radius 3 is 1.97 bits per heavy atom. The predicted octanol–water partition coefficient (Wildman–Crippen LogP) is 6.32. The molecule has 0 aromatic heterocycles. The van der Waals surface area contributed by atoms with Crippen LogP contribution in [-0.2, 0) is 0 Å². The van der Waals surface area contributed by atoms with Gasteiger partial charge in [-0.3, -0.25) is 9.80 Å². The van der Waals surface area contributed by atoms with Crippen molar-refractivity contribution in [3.05, 3.63) is 109 Å². The molecule has 2 nitrogen and oxygen atoms in total. The van der Waals surface area contributed by atoms with Gasteiger partial charge in [-0.05, 0) is 37.8 Å². The largest absolute Gasteiger partial charge is 0.287 e. The fourth-order valence-corrected chi connectivity index (χ4v) is 5.83. The number of nitrogens with zero attached hydrogens (tertiary/aromatic N) is 2. The van der Waals surface area contributed by atoms with Gasteiger partial charge in [0.15, 0.2) is 0 Å². The maximum absolute atomic E-state index is 4.26. The number of fused-ring (bicyclic) bond motifs is 2. The number of hydrogen-bond donors (Lipinski definition) is 0. The van der Waals surface area contributed by atoms with Crippen LogP contribution in [0.4, 0.5) is 0 Å². The van der Waals surface area contributed by atoms with E-state index >= 15 is 0 Å². The molecular formula is C28H34N2. The van der Waals surface area contributed by atoms with Gasteiger partial charge in [0.2, 0.25) is 0 Å². The normalized spacial score (nSPS) is 28.6. The molecule has 2 fully saturated rings. The van der Waals surface area contributed by atoms with Crippen molar-refractivity contribution >= 4 is 0 Å². The van der Waals surface area contributed by atoms with Gasteiger partial charge in [-0.15, -0.1) is 6.58 Å². The van der Waals surface area contributed by atoms with Crippen LogP contribution in [0, 0.1) is 0 Å². The van der Waals surface area contributed by atoms with Crippen LogP contribution in [0.3, 0.4) is 0 Å². The maximum atomic E-state index is 4.26. The standard InChI is InChI=1S/C28H34N2/c1-5-7-10-19-26-28-20-27(30(26)22(4)24-17-13-9-14-18-24)25(6-2)29(28)21(3)23-15-11-8-12-16-23/h5-18,21-22,25-28H,1-2,19-20H2,3-4H3/b10-7+/t21-,22-,25+,26+,27+,28+/m0/s1. The minimum atomic E-state index is 0.371. The highest BCUT2D eigenvalue weighted by Crippen LogP contribution is 2.49. The molecule has 2 aliphatic rings. The number of allylic oxidation sites excluding steroid dienone is 2. The third-order valence-electron chi connectivity index (χ3n) is 7.16. The topological polar surface area (TPSA) is 6.48 Å². The molecule has 6 atom stereocenters. The summed E-state index contributed by atoms with van der Waals surface area (Å²) >= 11 is 0. The molecule has 0 unspecified atom stereocenters. The van der Waals surface area contributed by atoms with Crippen LogP contribution in [0.25, 0.3) is 0 Å².